The van der Waals surface area contributed by atoms with E-state index >= 15 is 0 Å². The van der Waals surface area contributed by atoms with Crippen LogP contribution in [0.3, 0.4) is 0 Å². The molecule has 9 heteroatoms. The Bertz CT molecular complexity index is 428. The van der Waals surface area contributed by atoms with E-state index in [1.54, 1.807) is 6.92 Å². The highest BCUT2D eigenvalue weighted by atomic mass is 19.3. The van der Waals surface area contributed by atoms with Crippen LogP contribution in [0.15, 0.2) is 11.9 Å². The van der Waals surface area contributed by atoms with E-state index in [1.165, 1.54) is 4.68 Å². The number of rotatable bonds is 5. The summed E-state index contributed by atoms with van der Waals surface area (Å²) in [7, 11) is 0. The van der Waals surface area contributed by atoms with E-state index in [0.717, 1.165) is 0 Å². The molecule has 0 spiro atoms. The Morgan fingerprint density at radius 1 is 1.41 bits per heavy atom. The summed E-state index contributed by atoms with van der Waals surface area (Å²) in [6, 6.07) is 0. The summed E-state index contributed by atoms with van der Waals surface area (Å²) in [5, 5.41) is 10.3. The zero-order valence-corrected chi connectivity index (χ0v) is 8.86. The van der Waals surface area contributed by atoms with E-state index < -0.39 is 30.9 Å². The van der Waals surface area contributed by atoms with Gasteiger partial charge in [0.2, 0.25) is 0 Å². The molecule has 1 rings (SSSR count). The first-order valence-corrected chi connectivity index (χ1v) is 4.58. The maximum Gasteiger partial charge on any atom is 0.327 e. The fourth-order valence-corrected chi connectivity index (χ4v) is 0.912. The van der Waals surface area contributed by atoms with Crippen molar-refractivity contribution in [1.82, 2.24) is 20.2 Å². The van der Waals surface area contributed by atoms with Crippen molar-refractivity contribution in [2.24, 2.45) is 0 Å². The molecule has 94 valence electrons. The maximum absolute atomic E-state index is 12.3. The minimum absolute atomic E-state index is 0.248. The number of carbonyl (C=O) groups is 1. The number of tetrazole rings is 1. The second-order valence-corrected chi connectivity index (χ2v) is 3.02. The minimum atomic E-state index is -2.41. The Kier molecular flexibility index (Phi) is 4.61. The standard InChI is InChI=1S/C8H9F3N4O2/c1-5-12-13-14-15(5)4-7(16)17-3-2-6(9)8(10)11/h2-4H2,1H3. The van der Waals surface area contributed by atoms with Crippen molar-refractivity contribution in [3.63, 3.8) is 0 Å². The molecule has 0 unspecified atom stereocenters. The van der Waals surface area contributed by atoms with Gasteiger partial charge in [0.15, 0.2) is 5.83 Å². The molecule has 0 aliphatic heterocycles. The number of carbonyl (C=O) groups excluding carboxylic acids is 1. The fraction of sp³-hybridized carbons (Fsp3) is 0.500. The molecule has 0 bridgehead atoms. The van der Waals surface area contributed by atoms with Gasteiger partial charge in [-0.2, -0.15) is 8.78 Å². The molecule has 0 saturated carbocycles. The van der Waals surface area contributed by atoms with Gasteiger partial charge in [-0.15, -0.1) is 5.10 Å². The van der Waals surface area contributed by atoms with Gasteiger partial charge in [0.1, 0.15) is 12.4 Å². The summed E-state index contributed by atoms with van der Waals surface area (Å²) in [5.41, 5.74) is 0. The van der Waals surface area contributed by atoms with Crippen molar-refractivity contribution in [3.05, 3.63) is 17.7 Å². The summed E-state index contributed by atoms with van der Waals surface area (Å²) >= 11 is 0. The lowest BCUT2D eigenvalue weighted by Gasteiger charge is -2.03. The van der Waals surface area contributed by atoms with Crippen LogP contribution in [0.25, 0.3) is 0 Å². The van der Waals surface area contributed by atoms with Crippen molar-refractivity contribution in [3.8, 4) is 0 Å². The number of halogens is 3. The van der Waals surface area contributed by atoms with E-state index in [-0.39, 0.29) is 6.54 Å². The molecule has 0 amide bonds. The van der Waals surface area contributed by atoms with Gasteiger partial charge in [-0.3, -0.25) is 4.79 Å². The second-order valence-electron chi connectivity index (χ2n) is 3.02. The summed E-state index contributed by atoms with van der Waals surface area (Å²) in [4.78, 5) is 11.1. The molecule has 0 fully saturated rings. The van der Waals surface area contributed by atoms with E-state index in [4.69, 9.17) is 0 Å². The largest absolute Gasteiger partial charge is 0.464 e. The molecule has 0 aromatic carbocycles. The number of ether oxygens (including phenoxy) is 1. The predicted octanol–water partition coefficient (Wildman–Crippen LogP) is 0.992. The highest BCUT2D eigenvalue weighted by Gasteiger charge is 2.10. The number of hydrogen-bond donors (Lipinski definition) is 0. The minimum Gasteiger partial charge on any atom is -0.464 e. The zero-order valence-electron chi connectivity index (χ0n) is 8.86. The number of esters is 1. The molecule has 0 N–H and O–H groups in total. The van der Waals surface area contributed by atoms with Crippen molar-refractivity contribution in [2.75, 3.05) is 6.61 Å². The van der Waals surface area contributed by atoms with Gasteiger partial charge in [-0.1, -0.05) is 0 Å². The lowest BCUT2D eigenvalue weighted by atomic mass is 10.4. The van der Waals surface area contributed by atoms with Crippen LogP contribution in [-0.4, -0.2) is 32.8 Å². The predicted molar refractivity (Wildman–Crippen MR) is 48.5 cm³/mol. The van der Waals surface area contributed by atoms with Crippen LogP contribution in [0.1, 0.15) is 12.2 Å². The summed E-state index contributed by atoms with van der Waals surface area (Å²) in [6.45, 7) is 0.875. The number of aromatic nitrogens is 4. The number of nitrogens with zero attached hydrogens (tertiary/aromatic N) is 4. The average Bonchev–Trinajstić information content (AvgIpc) is 2.64. The molecule has 0 saturated heterocycles. The Hall–Kier alpha value is -1.93. The molecule has 1 heterocycles. The number of aryl methyl sites for hydroxylation is 1. The molecular weight excluding hydrogens is 241 g/mol. The third kappa shape index (κ3) is 4.21. The van der Waals surface area contributed by atoms with E-state index in [9.17, 15) is 18.0 Å². The smallest absolute Gasteiger partial charge is 0.327 e. The summed E-state index contributed by atoms with van der Waals surface area (Å²) < 4.78 is 41.3. The third-order valence-electron chi connectivity index (χ3n) is 1.78. The average molecular weight is 250 g/mol. The monoisotopic (exact) mass is 250 g/mol. The van der Waals surface area contributed by atoms with Gasteiger partial charge in [0.05, 0.1) is 6.61 Å². The highest BCUT2D eigenvalue weighted by molar-refractivity contribution is 5.69. The Morgan fingerprint density at radius 2 is 2.12 bits per heavy atom. The first kappa shape index (κ1) is 13.1. The van der Waals surface area contributed by atoms with Crippen molar-refractivity contribution >= 4 is 5.97 Å². The van der Waals surface area contributed by atoms with Gasteiger partial charge >= 0.3 is 12.0 Å². The maximum atomic E-state index is 12.3. The lowest BCUT2D eigenvalue weighted by molar-refractivity contribution is -0.144. The van der Waals surface area contributed by atoms with Crippen LogP contribution in [0.4, 0.5) is 13.2 Å². The van der Waals surface area contributed by atoms with Crippen LogP contribution in [-0.2, 0) is 16.1 Å². The van der Waals surface area contributed by atoms with Crippen molar-refractivity contribution in [2.45, 2.75) is 19.9 Å². The van der Waals surface area contributed by atoms with Crippen LogP contribution in [0, 0.1) is 6.92 Å². The summed E-state index contributed by atoms with van der Waals surface area (Å²) in [5.74, 6) is -1.91. The molecule has 1 aromatic heterocycles. The first-order chi connectivity index (χ1) is 8.00. The topological polar surface area (TPSA) is 69.9 Å². The molecule has 0 radical (unpaired) electrons. The van der Waals surface area contributed by atoms with Gasteiger partial charge in [0, 0.05) is 6.42 Å². The molecule has 17 heavy (non-hydrogen) atoms. The van der Waals surface area contributed by atoms with Gasteiger partial charge in [-0.05, 0) is 17.4 Å². The van der Waals surface area contributed by atoms with Crippen LogP contribution in [0.5, 0.6) is 0 Å². The lowest BCUT2D eigenvalue weighted by Crippen LogP contribution is -2.16. The molecule has 1 aromatic rings. The molecule has 0 aliphatic carbocycles. The first-order valence-electron chi connectivity index (χ1n) is 4.58. The molecule has 6 nitrogen and oxygen atoms in total. The van der Waals surface area contributed by atoms with Crippen LogP contribution < -0.4 is 0 Å². The van der Waals surface area contributed by atoms with E-state index in [1.807, 2.05) is 0 Å². The van der Waals surface area contributed by atoms with E-state index in [0.29, 0.717) is 5.82 Å². The highest BCUT2D eigenvalue weighted by Crippen LogP contribution is 2.12. The molecule has 0 aliphatic rings. The van der Waals surface area contributed by atoms with Gasteiger partial charge in [0.25, 0.3) is 0 Å². The zero-order chi connectivity index (χ0) is 12.8. The summed E-state index contributed by atoms with van der Waals surface area (Å²) in [6.07, 6.45) is -3.06. The second kappa shape index (κ2) is 5.97. The van der Waals surface area contributed by atoms with Crippen molar-refractivity contribution < 1.29 is 22.7 Å². The van der Waals surface area contributed by atoms with Crippen LogP contribution >= 0.6 is 0 Å². The Morgan fingerprint density at radius 3 is 2.65 bits per heavy atom. The number of hydrogen-bond acceptors (Lipinski definition) is 5. The van der Waals surface area contributed by atoms with E-state index in [2.05, 4.69) is 20.3 Å². The normalized spacial score (nSPS) is 10.1. The Labute approximate surface area is 94.1 Å². The van der Waals surface area contributed by atoms with Crippen LogP contribution in [0.2, 0.25) is 0 Å². The quantitative estimate of drug-likeness (QED) is 0.729. The fourth-order valence-electron chi connectivity index (χ4n) is 0.912. The van der Waals surface area contributed by atoms with Crippen molar-refractivity contribution in [1.29, 1.82) is 0 Å². The molecular formula is C8H9F3N4O2. The van der Waals surface area contributed by atoms with Gasteiger partial charge in [-0.25, -0.2) is 9.07 Å². The third-order valence-corrected chi connectivity index (χ3v) is 1.78. The molecule has 0 atom stereocenters. The van der Waals surface area contributed by atoms with Gasteiger partial charge < -0.3 is 4.74 Å². The Balaban J connectivity index is 2.32. The SMILES string of the molecule is Cc1nnnn1CC(=O)OCCC(F)=C(F)F.